The highest BCUT2D eigenvalue weighted by atomic mass is 16.5. The zero-order chi connectivity index (χ0) is 25.5. The van der Waals surface area contributed by atoms with E-state index in [0.717, 1.165) is 11.1 Å². The van der Waals surface area contributed by atoms with Gasteiger partial charge in [0.05, 0.1) is 11.6 Å². The summed E-state index contributed by atoms with van der Waals surface area (Å²) in [6, 6.07) is 16.9. The minimum atomic E-state index is -0.671. The summed E-state index contributed by atoms with van der Waals surface area (Å²) in [5, 5.41) is 15.6. The molecule has 0 bridgehead atoms. The van der Waals surface area contributed by atoms with Crippen molar-refractivity contribution in [3.63, 3.8) is 0 Å². The standard InChI is InChI=1S/C28H35N3O3/c1-19(25(32)30-27(3,4)5)15-21-13-14-22(18-29)23(16-21)17-28(6,7)31-26(33)20(2)34-24-11-9-8-10-12-24/h8-16,20H,17H2,1-7H3,(H,30,32)(H,31,33)/b19-15-. The van der Waals surface area contributed by atoms with Gasteiger partial charge in [-0.25, -0.2) is 0 Å². The van der Waals surface area contributed by atoms with Crippen molar-refractivity contribution in [3.05, 3.63) is 70.8 Å². The predicted octanol–water partition coefficient (Wildman–Crippen LogP) is 4.78. The molecule has 0 saturated carbocycles. The maximum Gasteiger partial charge on any atom is 0.261 e. The summed E-state index contributed by atoms with van der Waals surface area (Å²) in [5.74, 6) is 0.247. The molecule has 0 aliphatic heterocycles. The third-order valence-corrected chi connectivity index (χ3v) is 5.00. The zero-order valence-corrected chi connectivity index (χ0v) is 21.2. The van der Waals surface area contributed by atoms with Gasteiger partial charge >= 0.3 is 0 Å². The Morgan fingerprint density at radius 1 is 1.06 bits per heavy atom. The van der Waals surface area contributed by atoms with Gasteiger partial charge < -0.3 is 15.4 Å². The van der Waals surface area contributed by atoms with E-state index in [2.05, 4.69) is 16.7 Å². The molecule has 0 aliphatic carbocycles. The van der Waals surface area contributed by atoms with Crippen LogP contribution in [0.5, 0.6) is 5.75 Å². The molecule has 2 rings (SSSR count). The molecule has 0 fully saturated rings. The van der Waals surface area contributed by atoms with Crippen LogP contribution in [-0.4, -0.2) is 29.0 Å². The third kappa shape index (κ3) is 8.40. The summed E-state index contributed by atoms with van der Waals surface area (Å²) in [6.45, 7) is 13.1. The van der Waals surface area contributed by atoms with E-state index in [9.17, 15) is 14.9 Å². The van der Waals surface area contributed by atoms with Crippen LogP contribution in [0.1, 0.15) is 65.2 Å². The Hall–Kier alpha value is -3.59. The largest absolute Gasteiger partial charge is 0.481 e. The highest BCUT2D eigenvalue weighted by Crippen LogP contribution is 2.21. The van der Waals surface area contributed by atoms with Crippen molar-refractivity contribution in [2.75, 3.05) is 0 Å². The smallest absolute Gasteiger partial charge is 0.261 e. The topological polar surface area (TPSA) is 91.2 Å². The number of hydrogen-bond acceptors (Lipinski definition) is 4. The summed E-state index contributed by atoms with van der Waals surface area (Å²) < 4.78 is 5.73. The van der Waals surface area contributed by atoms with E-state index in [4.69, 9.17) is 4.74 Å². The first-order valence-electron chi connectivity index (χ1n) is 11.4. The molecule has 6 heteroatoms. The SMILES string of the molecule is C/C(=C/c1ccc(C#N)c(CC(C)(C)NC(=O)C(C)Oc2ccccc2)c1)C(=O)NC(C)(C)C. The Morgan fingerprint density at radius 3 is 2.29 bits per heavy atom. The molecule has 1 atom stereocenters. The number of ether oxygens (including phenoxy) is 1. The van der Waals surface area contributed by atoms with Crippen molar-refractivity contribution >= 4 is 17.9 Å². The van der Waals surface area contributed by atoms with Gasteiger partial charge in [-0.1, -0.05) is 30.3 Å². The van der Waals surface area contributed by atoms with Crippen LogP contribution in [0, 0.1) is 11.3 Å². The Bertz CT molecular complexity index is 1090. The van der Waals surface area contributed by atoms with Gasteiger partial charge in [-0.3, -0.25) is 9.59 Å². The molecule has 0 spiro atoms. The highest BCUT2D eigenvalue weighted by molar-refractivity contribution is 5.97. The van der Waals surface area contributed by atoms with E-state index in [1.807, 2.05) is 65.0 Å². The van der Waals surface area contributed by atoms with Gasteiger partial charge in [0.25, 0.3) is 5.91 Å². The van der Waals surface area contributed by atoms with Crippen molar-refractivity contribution in [2.24, 2.45) is 0 Å². The van der Waals surface area contributed by atoms with Gasteiger partial charge in [-0.15, -0.1) is 0 Å². The van der Waals surface area contributed by atoms with Crippen molar-refractivity contribution in [2.45, 2.75) is 72.1 Å². The summed E-state index contributed by atoms with van der Waals surface area (Å²) in [7, 11) is 0. The van der Waals surface area contributed by atoms with Crippen LogP contribution < -0.4 is 15.4 Å². The number of hydrogen-bond donors (Lipinski definition) is 2. The summed E-state index contributed by atoms with van der Waals surface area (Å²) in [6.07, 6.45) is 1.57. The molecule has 2 amide bonds. The van der Waals surface area contributed by atoms with E-state index in [0.29, 0.717) is 23.3 Å². The van der Waals surface area contributed by atoms with Gasteiger partial charge in [0.15, 0.2) is 6.10 Å². The van der Waals surface area contributed by atoms with E-state index in [1.54, 1.807) is 38.1 Å². The lowest BCUT2D eigenvalue weighted by Crippen LogP contribution is -2.49. The summed E-state index contributed by atoms with van der Waals surface area (Å²) >= 11 is 0. The summed E-state index contributed by atoms with van der Waals surface area (Å²) in [4.78, 5) is 25.2. The molecule has 0 radical (unpaired) electrons. The average molecular weight is 462 g/mol. The fraction of sp³-hybridized carbons (Fsp3) is 0.393. The molecule has 2 aromatic rings. The molecule has 6 nitrogen and oxygen atoms in total. The number of amides is 2. The van der Waals surface area contributed by atoms with E-state index < -0.39 is 11.6 Å². The maximum absolute atomic E-state index is 12.8. The Labute approximate surface area is 203 Å². The minimum absolute atomic E-state index is 0.140. The average Bonchev–Trinajstić information content (AvgIpc) is 2.72. The van der Waals surface area contributed by atoms with Crippen LogP contribution in [0.25, 0.3) is 6.08 Å². The van der Waals surface area contributed by atoms with Crippen LogP contribution in [-0.2, 0) is 16.0 Å². The van der Waals surface area contributed by atoms with E-state index in [1.165, 1.54) is 0 Å². The molecule has 34 heavy (non-hydrogen) atoms. The lowest BCUT2D eigenvalue weighted by atomic mass is 9.90. The lowest BCUT2D eigenvalue weighted by Gasteiger charge is -2.28. The van der Waals surface area contributed by atoms with Gasteiger partial charge in [0.1, 0.15) is 5.75 Å². The molecular formula is C28H35N3O3. The van der Waals surface area contributed by atoms with Crippen LogP contribution in [0.3, 0.4) is 0 Å². The maximum atomic E-state index is 12.8. The number of nitriles is 1. The van der Waals surface area contributed by atoms with Crippen LogP contribution >= 0.6 is 0 Å². The molecule has 2 aromatic carbocycles. The number of nitrogens with one attached hydrogen (secondary N) is 2. The van der Waals surface area contributed by atoms with Crippen molar-refractivity contribution in [1.29, 1.82) is 5.26 Å². The Balaban J connectivity index is 2.16. The number of benzene rings is 2. The van der Waals surface area contributed by atoms with Gasteiger partial charge in [-0.2, -0.15) is 5.26 Å². The minimum Gasteiger partial charge on any atom is -0.481 e. The van der Waals surface area contributed by atoms with Gasteiger partial charge in [0, 0.05) is 16.7 Å². The van der Waals surface area contributed by atoms with Crippen LogP contribution in [0.15, 0.2) is 54.1 Å². The third-order valence-electron chi connectivity index (χ3n) is 5.00. The highest BCUT2D eigenvalue weighted by Gasteiger charge is 2.26. The molecule has 0 aliphatic rings. The molecule has 0 saturated heterocycles. The van der Waals surface area contributed by atoms with Crippen LogP contribution in [0.2, 0.25) is 0 Å². The number of carbonyl (C=O) groups is 2. The monoisotopic (exact) mass is 461 g/mol. The molecular weight excluding hydrogens is 426 g/mol. The predicted molar refractivity (Wildman–Crippen MR) is 135 cm³/mol. The second kappa shape index (κ2) is 11.0. The van der Waals surface area contributed by atoms with Gasteiger partial charge in [0.2, 0.25) is 5.91 Å². The van der Waals surface area contributed by atoms with E-state index in [-0.39, 0.29) is 17.4 Å². The quantitative estimate of drug-likeness (QED) is 0.554. The zero-order valence-electron chi connectivity index (χ0n) is 21.2. The normalized spacial score (nSPS) is 12.9. The number of nitrogens with zero attached hydrogens (tertiary/aromatic N) is 1. The number of para-hydroxylation sites is 1. The van der Waals surface area contributed by atoms with E-state index >= 15 is 0 Å². The summed E-state index contributed by atoms with van der Waals surface area (Å²) in [5.41, 5.74) is 1.76. The number of rotatable bonds is 8. The Kier molecular flexibility index (Phi) is 8.64. The fourth-order valence-electron chi connectivity index (χ4n) is 3.43. The number of carbonyl (C=O) groups excluding carboxylic acids is 2. The molecule has 1 unspecified atom stereocenters. The lowest BCUT2D eigenvalue weighted by molar-refractivity contribution is -0.129. The first kappa shape index (κ1) is 26.7. The van der Waals surface area contributed by atoms with Gasteiger partial charge in [-0.05, 0) is 90.3 Å². The molecule has 0 aromatic heterocycles. The first-order chi connectivity index (χ1) is 15.8. The second-order valence-corrected chi connectivity index (χ2v) is 10.2. The Morgan fingerprint density at radius 2 is 1.71 bits per heavy atom. The first-order valence-corrected chi connectivity index (χ1v) is 11.4. The molecule has 180 valence electrons. The molecule has 2 N–H and O–H groups in total. The molecule has 0 heterocycles. The fourth-order valence-corrected chi connectivity index (χ4v) is 3.43. The van der Waals surface area contributed by atoms with Crippen molar-refractivity contribution < 1.29 is 14.3 Å². The van der Waals surface area contributed by atoms with Crippen molar-refractivity contribution in [3.8, 4) is 11.8 Å². The second-order valence-electron chi connectivity index (χ2n) is 10.2. The van der Waals surface area contributed by atoms with Crippen LogP contribution in [0.4, 0.5) is 0 Å². The van der Waals surface area contributed by atoms with Crippen molar-refractivity contribution in [1.82, 2.24) is 10.6 Å².